The van der Waals surface area contributed by atoms with Gasteiger partial charge in [0.05, 0.1) is 16.7 Å². The smallest absolute Gasteiger partial charge is 0.164 e. The molecule has 2 bridgehead atoms. The van der Waals surface area contributed by atoms with E-state index in [4.69, 9.17) is 24.9 Å². The Balaban J connectivity index is 0.842. The number of para-hydroxylation sites is 2. The average Bonchev–Trinajstić information content (AvgIpc) is 3.77. The number of hydrogen-bond acceptors (Lipinski definition) is 5. The van der Waals surface area contributed by atoms with Gasteiger partial charge >= 0.3 is 0 Å². The number of benzene rings is 9. The van der Waals surface area contributed by atoms with E-state index in [1.807, 2.05) is 54.6 Å². The summed E-state index contributed by atoms with van der Waals surface area (Å²) in [5.41, 5.74) is 18.4. The minimum Gasteiger partial charge on any atom is -0.294 e. The van der Waals surface area contributed by atoms with Crippen LogP contribution < -0.4 is 0 Å². The molecule has 12 aromatic rings. The molecule has 6 heteroatoms. The van der Waals surface area contributed by atoms with Gasteiger partial charge in [-0.3, -0.25) is 4.57 Å². The molecule has 0 radical (unpaired) electrons. The fraction of sp³-hybridized carbons (Fsp3) is 0.0317. The van der Waals surface area contributed by atoms with Crippen LogP contribution in [0.2, 0.25) is 0 Å². The van der Waals surface area contributed by atoms with Gasteiger partial charge in [0.15, 0.2) is 23.3 Å². The lowest BCUT2D eigenvalue weighted by atomic mass is 9.60. The maximum absolute atomic E-state index is 5.22. The summed E-state index contributed by atoms with van der Waals surface area (Å²) in [4.78, 5) is 25.6. The normalized spacial score (nSPS) is 14.4. The molecular weight excluding hydrogens is 841 g/mol. The lowest BCUT2D eigenvalue weighted by molar-refractivity contribution is 0.755. The summed E-state index contributed by atoms with van der Waals surface area (Å²) in [6.07, 6.45) is 0. The van der Waals surface area contributed by atoms with E-state index in [1.165, 1.54) is 49.7 Å². The molecule has 0 amide bonds. The molecule has 6 nitrogen and oxygen atoms in total. The molecule has 3 heterocycles. The van der Waals surface area contributed by atoms with Crippen LogP contribution in [-0.2, 0) is 0 Å². The van der Waals surface area contributed by atoms with Crippen molar-refractivity contribution in [1.29, 1.82) is 0 Å². The Bertz CT molecular complexity index is 3850. The van der Waals surface area contributed by atoms with Crippen LogP contribution in [0.3, 0.4) is 0 Å². The highest BCUT2D eigenvalue weighted by molar-refractivity contribution is 6.09. The fourth-order valence-electron chi connectivity index (χ4n) is 10.9. The van der Waals surface area contributed by atoms with Crippen molar-refractivity contribution in [3.05, 3.63) is 264 Å². The van der Waals surface area contributed by atoms with Crippen LogP contribution in [0, 0.1) is 0 Å². The summed E-state index contributed by atoms with van der Waals surface area (Å²) in [6.45, 7) is 0. The van der Waals surface area contributed by atoms with Crippen LogP contribution in [-0.4, -0.2) is 29.5 Å². The van der Waals surface area contributed by atoms with Crippen LogP contribution in [0.5, 0.6) is 0 Å². The highest BCUT2D eigenvalue weighted by Crippen LogP contribution is 2.56. The maximum atomic E-state index is 5.22. The first-order chi connectivity index (χ1) is 34.2. The number of rotatable bonds is 7. The van der Waals surface area contributed by atoms with Crippen molar-refractivity contribution in [2.75, 3.05) is 0 Å². The van der Waals surface area contributed by atoms with E-state index in [2.05, 4.69) is 180 Å². The van der Waals surface area contributed by atoms with Crippen LogP contribution >= 0.6 is 0 Å². The zero-order valence-corrected chi connectivity index (χ0v) is 37.3. The van der Waals surface area contributed by atoms with E-state index in [0.717, 1.165) is 55.9 Å². The van der Waals surface area contributed by atoms with E-state index in [9.17, 15) is 0 Å². The standard InChI is InChI=1S/C63H40N6/c1-4-16-41(17-5-1)60-64-54(38-57(65-60)69-55-26-14-12-22-46(55)47-23-13-15-27-56(47)69)40-30-28-39(29-31-40)44-32-34-50-52(36-44)58-48-24-10-11-25-49(48)59(50)53-37-45(33-35-51(53)58)63-67-61(42-18-6-2-7-19-42)66-62(68-63)43-20-8-3-9-21-43/h1-38,58-59H. The summed E-state index contributed by atoms with van der Waals surface area (Å²) in [5.74, 6) is 3.69. The zero-order valence-electron chi connectivity index (χ0n) is 37.3. The molecule has 0 saturated carbocycles. The van der Waals surface area contributed by atoms with Gasteiger partial charge in [-0.1, -0.05) is 200 Å². The molecular formula is C63H40N6. The first kappa shape index (κ1) is 39.1. The number of aromatic nitrogens is 6. The highest BCUT2D eigenvalue weighted by Gasteiger charge is 2.41. The van der Waals surface area contributed by atoms with E-state index < -0.39 is 0 Å². The Morgan fingerprint density at radius 2 is 0.652 bits per heavy atom. The first-order valence-electron chi connectivity index (χ1n) is 23.5. The molecule has 15 rings (SSSR count). The van der Waals surface area contributed by atoms with Crippen molar-refractivity contribution < 1.29 is 0 Å². The monoisotopic (exact) mass is 880 g/mol. The number of nitrogens with zero attached hydrogens (tertiary/aromatic N) is 6. The second kappa shape index (κ2) is 15.8. The van der Waals surface area contributed by atoms with E-state index >= 15 is 0 Å². The Morgan fingerprint density at radius 3 is 1.19 bits per heavy atom. The third-order valence-electron chi connectivity index (χ3n) is 14.1. The molecule has 0 spiro atoms. The summed E-state index contributed by atoms with van der Waals surface area (Å²) in [7, 11) is 0. The first-order valence-corrected chi connectivity index (χ1v) is 23.5. The second-order valence-electron chi connectivity index (χ2n) is 18.0. The van der Waals surface area contributed by atoms with Gasteiger partial charge in [0, 0.05) is 56.5 Å². The Labute approximate surface area is 399 Å². The van der Waals surface area contributed by atoms with Crippen molar-refractivity contribution in [3.8, 4) is 73.8 Å². The molecule has 0 saturated heterocycles. The van der Waals surface area contributed by atoms with E-state index in [-0.39, 0.29) is 11.8 Å². The predicted molar refractivity (Wildman–Crippen MR) is 277 cm³/mol. The van der Waals surface area contributed by atoms with E-state index in [1.54, 1.807) is 0 Å². The summed E-state index contributed by atoms with van der Waals surface area (Å²) in [5, 5.41) is 2.40. The lowest BCUT2D eigenvalue weighted by Crippen LogP contribution is -2.27. The van der Waals surface area contributed by atoms with Gasteiger partial charge in [-0.05, 0) is 68.8 Å². The molecule has 2 unspecified atom stereocenters. The van der Waals surface area contributed by atoms with Crippen LogP contribution in [0.15, 0.2) is 231 Å². The van der Waals surface area contributed by atoms with Gasteiger partial charge in [0.1, 0.15) is 5.82 Å². The Hall–Kier alpha value is -9.13. The fourth-order valence-corrected chi connectivity index (χ4v) is 10.9. The lowest BCUT2D eigenvalue weighted by Gasteiger charge is -2.42. The van der Waals surface area contributed by atoms with E-state index in [0.29, 0.717) is 23.3 Å². The minimum atomic E-state index is 0.0805. The molecule has 0 aliphatic heterocycles. The molecule has 3 aliphatic carbocycles. The Kier molecular flexibility index (Phi) is 8.92. The van der Waals surface area contributed by atoms with Crippen molar-refractivity contribution in [3.63, 3.8) is 0 Å². The maximum Gasteiger partial charge on any atom is 0.164 e. The van der Waals surface area contributed by atoms with Gasteiger partial charge in [-0.15, -0.1) is 0 Å². The molecule has 0 fully saturated rings. The summed E-state index contributed by atoms with van der Waals surface area (Å²) >= 11 is 0. The van der Waals surface area contributed by atoms with Crippen molar-refractivity contribution in [2.45, 2.75) is 11.8 Å². The van der Waals surface area contributed by atoms with Crippen molar-refractivity contribution in [1.82, 2.24) is 29.5 Å². The molecule has 69 heavy (non-hydrogen) atoms. The second-order valence-corrected chi connectivity index (χ2v) is 18.0. The Morgan fingerprint density at radius 1 is 0.261 bits per heavy atom. The molecule has 3 aliphatic rings. The van der Waals surface area contributed by atoms with Crippen molar-refractivity contribution >= 4 is 21.8 Å². The minimum absolute atomic E-state index is 0.0805. The van der Waals surface area contributed by atoms with Gasteiger partial charge < -0.3 is 0 Å². The molecule has 322 valence electrons. The van der Waals surface area contributed by atoms with Gasteiger partial charge in [-0.25, -0.2) is 24.9 Å². The third-order valence-corrected chi connectivity index (χ3v) is 14.1. The van der Waals surface area contributed by atoms with Gasteiger partial charge in [0.25, 0.3) is 0 Å². The highest BCUT2D eigenvalue weighted by atomic mass is 15.1. The predicted octanol–water partition coefficient (Wildman–Crippen LogP) is 14.7. The quantitative estimate of drug-likeness (QED) is 0.159. The average molecular weight is 881 g/mol. The van der Waals surface area contributed by atoms with Crippen molar-refractivity contribution in [2.24, 2.45) is 0 Å². The van der Waals surface area contributed by atoms with Crippen LogP contribution in [0.4, 0.5) is 0 Å². The van der Waals surface area contributed by atoms with Crippen LogP contribution in [0.1, 0.15) is 45.2 Å². The van der Waals surface area contributed by atoms with Gasteiger partial charge in [-0.2, -0.15) is 0 Å². The number of hydrogen-bond donors (Lipinski definition) is 0. The topological polar surface area (TPSA) is 69.4 Å². The zero-order chi connectivity index (χ0) is 45.4. The summed E-state index contributed by atoms with van der Waals surface area (Å²) in [6, 6.07) is 81.7. The summed E-state index contributed by atoms with van der Waals surface area (Å²) < 4.78 is 2.27. The molecule has 0 N–H and O–H groups in total. The molecule has 3 aromatic heterocycles. The third kappa shape index (κ3) is 6.45. The van der Waals surface area contributed by atoms with Crippen LogP contribution in [0.25, 0.3) is 95.6 Å². The van der Waals surface area contributed by atoms with Gasteiger partial charge in [0.2, 0.25) is 0 Å². The number of fused-ring (bicyclic) bond motifs is 3. The SMILES string of the molecule is c1ccc(-c2nc(-c3ccc(-c4ccc5c(c4)C4c6ccccc6C5c5cc(-c6nc(-c7ccccc7)nc(-c7ccccc7)n6)ccc54)cc3)cc(-n3c4ccccc4c4ccccc43)n2)cc1. The largest absolute Gasteiger partial charge is 0.294 e. The molecule has 2 atom stereocenters. The molecule has 9 aromatic carbocycles.